The standard InChI is InChI=1S/C8H14F3NO2/c1-3-4-5-14-6(13)7(2,12)8(9,10)11/h3-5,12H2,1-2H3. The van der Waals surface area contributed by atoms with Crippen molar-refractivity contribution in [1.82, 2.24) is 0 Å². The summed E-state index contributed by atoms with van der Waals surface area (Å²) in [4.78, 5) is 10.9. The Hall–Kier alpha value is -0.780. The van der Waals surface area contributed by atoms with E-state index >= 15 is 0 Å². The van der Waals surface area contributed by atoms with Crippen molar-refractivity contribution in [1.29, 1.82) is 0 Å². The quantitative estimate of drug-likeness (QED) is 0.570. The van der Waals surface area contributed by atoms with Crippen LogP contribution in [0.15, 0.2) is 0 Å². The molecular weight excluding hydrogens is 199 g/mol. The maximum absolute atomic E-state index is 12.2. The lowest BCUT2D eigenvalue weighted by Crippen LogP contribution is -2.57. The highest BCUT2D eigenvalue weighted by molar-refractivity contribution is 5.81. The van der Waals surface area contributed by atoms with Crippen LogP contribution >= 0.6 is 0 Å². The van der Waals surface area contributed by atoms with Gasteiger partial charge in [0.05, 0.1) is 6.61 Å². The van der Waals surface area contributed by atoms with E-state index in [2.05, 4.69) is 4.74 Å². The molecule has 0 radical (unpaired) electrons. The molecule has 0 aliphatic heterocycles. The fourth-order valence-electron chi connectivity index (χ4n) is 0.575. The molecule has 2 N–H and O–H groups in total. The highest BCUT2D eigenvalue weighted by Crippen LogP contribution is 2.28. The van der Waals surface area contributed by atoms with Crippen LogP contribution < -0.4 is 5.73 Å². The Morgan fingerprint density at radius 2 is 1.93 bits per heavy atom. The number of ether oxygens (including phenoxy) is 1. The molecule has 0 aromatic rings. The van der Waals surface area contributed by atoms with E-state index in [9.17, 15) is 18.0 Å². The lowest BCUT2D eigenvalue weighted by atomic mass is 10.0. The second-order valence-electron chi connectivity index (χ2n) is 3.19. The Bertz CT molecular complexity index is 201. The third kappa shape index (κ3) is 3.17. The number of carbonyl (C=O) groups is 1. The van der Waals surface area contributed by atoms with E-state index < -0.39 is 17.7 Å². The van der Waals surface area contributed by atoms with Gasteiger partial charge < -0.3 is 10.5 Å². The van der Waals surface area contributed by atoms with Gasteiger partial charge in [0.25, 0.3) is 0 Å². The van der Waals surface area contributed by atoms with Crippen LogP contribution in [0.3, 0.4) is 0 Å². The van der Waals surface area contributed by atoms with E-state index in [1.807, 2.05) is 6.92 Å². The molecule has 6 heteroatoms. The van der Waals surface area contributed by atoms with Crippen LogP contribution in [-0.4, -0.2) is 24.3 Å². The van der Waals surface area contributed by atoms with Crippen LogP contribution in [0.1, 0.15) is 26.7 Å². The molecule has 14 heavy (non-hydrogen) atoms. The molecule has 1 atom stereocenters. The van der Waals surface area contributed by atoms with Crippen molar-refractivity contribution < 1.29 is 22.7 Å². The van der Waals surface area contributed by atoms with E-state index in [1.54, 1.807) is 0 Å². The Labute approximate surface area is 80.4 Å². The van der Waals surface area contributed by atoms with Gasteiger partial charge in [-0.05, 0) is 13.3 Å². The summed E-state index contributed by atoms with van der Waals surface area (Å²) in [6, 6.07) is 0. The van der Waals surface area contributed by atoms with Crippen molar-refractivity contribution in [3.8, 4) is 0 Å². The molecule has 3 nitrogen and oxygen atoms in total. The third-order valence-corrected chi connectivity index (χ3v) is 1.74. The molecular formula is C8H14F3NO2. The Kier molecular flexibility index (Phi) is 4.38. The maximum atomic E-state index is 12.2. The zero-order chi connectivity index (χ0) is 11.4. The third-order valence-electron chi connectivity index (χ3n) is 1.74. The van der Waals surface area contributed by atoms with E-state index in [0.29, 0.717) is 13.3 Å². The average molecular weight is 213 g/mol. The first kappa shape index (κ1) is 13.2. The van der Waals surface area contributed by atoms with Gasteiger partial charge in [0, 0.05) is 0 Å². The minimum Gasteiger partial charge on any atom is -0.464 e. The Balaban J connectivity index is 4.23. The van der Waals surface area contributed by atoms with Gasteiger partial charge in [-0.2, -0.15) is 13.2 Å². The summed E-state index contributed by atoms with van der Waals surface area (Å²) in [5.74, 6) is -1.43. The topological polar surface area (TPSA) is 52.3 Å². The Morgan fingerprint density at radius 1 is 1.43 bits per heavy atom. The number of unbranched alkanes of at least 4 members (excludes halogenated alkanes) is 1. The number of rotatable bonds is 4. The number of hydrogen-bond acceptors (Lipinski definition) is 3. The van der Waals surface area contributed by atoms with Crippen LogP contribution in [0.4, 0.5) is 13.2 Å². The number of carbonyl (C=O) groups excluding carboxylic acids is 1. The fourth-order valence-corrected chi connectivity index (χ4v) is 0.575. The lowest BCUT2D eigenvalue weighted by molar-refractivity contribution is -0.202. The van der Waals surface area contributed by atoms with E-state index in [0.717, 1.165) is 6.42 Å². The fraction of sp³-hybridized carbons (Fsp3) is 0.875. The molecule has 0 heterocycles. The van der Waals surface area contributed by atoms with Crippen molar-refractivity contribution in [2.75, 3.05) is 6.61 Å². The molecule has 0 aliphatic carbocycles. The van der Waals surface area contributed by atoms with Crippen molar-refractivity contribution in [3.05, 3.63) is 0 Å². The molecule has 0 amide bonds. The minimum atomic E-state index is -4.78. The number of esters is 1. The van der Waals surface area contributed by atoms with Gasteiger partial charge in [0.2, 0.25) is 5.54 Å². The molecule has 0 fully saturated rings. The average Bonchev–Trinajstić information content (AvgIpc) is 2.02. The molecule has 0 aromatic heterocycles. The van der Waals surface area contributed by atoms with Crippen molar-refractivity contribution in [2.45, 2.75) is 38.4 Å². The highest BCUT2D eigenvalue weighted by atomic mass is 19.4. The SMILES string of the molecule is CCCCOC(=O)C(C)(N)C(F)(F)F. The molecule has 0 rings (SSSR count). The molecule has 0 spiro atoms. The Morgan fingerprint density at radius 3 is 2.29 bits per heavy atom. The van der Waals surface area contributed by atoms with Crippen molar-refractivity contribution in [2.24, 2.45) is 5.73 Å². The lowest BCUT2D eigenvalue weighted by Gasteiger charge is -2.24. The van der Waals surface area contributed by atoms with Gasteiger partial charge in [-0.25, -0.2) is 4.79 Å². The predicted molar refractivity (Wildman–Crippen MR) is 44.5 cm³/mol. The van der Waals surface area contributed by atoms with Crippen LogP contribution in [0.25, 0.3) is 0 Å². The van der Waals surface area contributed by atoms with Crippen molar-refractivity contribution in [3.63, 3.8) is 0 Å². The summed E-state index contributed by atoms with van der Waals surface area (Å²) in [5, 5.41) is 0. The van der Waals surface area contributed by atoms with Gasteiger partial charge in [0.1, 0.15) is 0 Å². The first-order chi connectivity index (χ1) is 6.23. The normalized spacial score (nSPS) is 16.1. The number of hydrogen-bond donors (Lipinski definition) is 1. The predicted octanol–water partition coefficient (Wildman–Crippen LogP) is 1.61. The summed E-state index contributed by atoms with van der Waals surface area (Å²) < 4.78 is 40.9. The van der Waals surface area contributed by atoms with Crippen molar-refractivity contribution >= 4 is 5.97 Å². The zero-order valence-electron chi connectivity index (χ0n) is 8.15. The summed E-state index contributed by atoms with van der Waals surface area (Å²) in [6.45, 7) is 2.40. The molecule has 0 aliphatic rings. The minimum absolute atomic E-state index is 0.0296. The highest BCUT2D eigenvalue weighted by Gasteiger charge is 2.55. The molecule has 84 valence electrons. The van der Waals surface area contributed by atoms with E-state index in [-0.39, 0.29) is 6.61 Å². The smallest absolute Gasteiger partial charge is 0.416 e. The largest absolute Gasteiger partial charge is 0.464 e. The molecule has 1 unspecified atom stereocenters. The molecule has 0 aromatic carbocycles. The molecule has 0 bridgehead atoms. The van der Waals surface area contributed by atoms with Gasteiger partial charge in [-0.1, -0.05) is 13.3 Å². The number of halogens is 3. The number of nitrogens with two attached hydrogens (primary N) is 1. The summed E-state index contributed by atoms with van der Waals surface area (Å²) in [5.41, 5.74) is 1.90. The monoisotopic (exact) mass is 213 g/mol. The molecule has 0 saturated heterocycles. The summed E-state index contributed by atoms with van der Waals surface area (Å²) >= 11 is 0. The van der Waals surface area contributed by atoms with Crippen LogP contribution in [0.2, 0.25) is 0 Å². The first-order valence-electron chi connectivity index (χ1n) is 4.26. The molecule has 0 saturated carbocycles. The zero-order valence-corrected chi connectivity index (χ0v) is 8.15. The van der Waals surface area contributed by atoms with Gasteiger partial charge in [0.15, 0.2) is 0 Å². The second kappa shape index (κ2) is 4.63. The van der Waals surface area contributed by atoms with Crippen LogP contribution in [0, 0.1) is 0 Å². The summed E-state index contributed by atoms with van der Waals surface area (Å²) in [6.07, 6.45) is -3.52. The van der Waals surface area contributed by atoms with Crippen LogP contribution in [0.5, 0.6) is 0 Å². The maximum Gasteiger partial charge on any atom is 0.416 e. The van der Waals surface area contributed by atoms with Gasteiger partial charge in [-0.3, -0.25) is 0 Å². The summed E-state index contributed by atoms with van der Waals surface area (Å²) in [7, 11) is 0. The van der Waals surface area contributed by atoms with Gasteiger partial charge >= 0.3 is 12.1 Å². The first-order valence-corrected chi connectivity index (χ1v) is 4.26. The van der Waals surface area contributed by atoms with E-state index in [1.165, 1.54) is 0 Å². The second-order valence-corrected chi connectivity index (χ2v) is 3.19. The van der Waals surface area contributed by atoms with Gasteiger partial charge in [-0.15, -0.1) is 0 Å². The van der Waals surface area contributed by atoms with E-state index in [4.69, 9.17) is 5.73 Å². The number of alkyl halides is 3. The van der Waals surface area contributed by atoms with Crippen LogP contribution in [-0.2, 0) is 9.53 Å².